The quantitative estimate of drug-likeness (QED) is 0.529. The molecule has 0 saturated heterocycles. The average molecular weight is 169 g/mol. The molecule has 0 saturated carbocycles. The summed E-state index contributed by atoms with van der Waals surface area (Å²) in [5.41, 5.74) is 1.47. The fourth-order valence-corrected chi connectivity index (χ4v) is 1.47. The van der Waals surface area contributed by atoms with Crippen molar-refractivity contribution in [1.82, 2.24) is 0 Å². The molecule has 0 aromatic heterocycles. The predicted molar refractivity (Wildman–Crippen MR) is 43.1 cm³/mol. The Labute approximate surface area is 61.5 Å². The first-order chi connectivity index (χ1) is 3.48. The normalized spacial score (nSPS) is 14.4. The van der Waals surface area contributed by atoms with Crippen LogP contribution >= 0.6 is 23.2 Å². The van der Waals surface area contributed by atoms with Crippen molar-refractivity contribution in [3.05, 3.63) is 10.2 Å². The van der Waals surface area contributed by atoms with E-state index >= 15 is 0 Å². The molecule has 0 aliphatic carbocycles. The SMILES string of the molecule is C[Si](C)(C)/C(Cl)=C\Cl. The number of hydrogen-bond acceptors (Lipinski definition) is 0. The van der Waals surface area contributed by atoms with Crippen LogP contribution in [0.25, 0.3) is 0 Å². The Bertz CT molecular complexity index is 101. The lowest BCUT2D eigenvalue weighted by atomic mass is 11.2. The molecule has 0 rings (SSSR count). The van der Waals surface area contributed by atoms with Crippen molar-refractivity contribution in [2.45, 2.75) is 19.6 Å². The third kappa shape index (κ3) is 2.75. The van der Waals surface area contributed by atoms with Gasteiger partial charge in [-0.15, -0.1) is 0 Å². The maximum absolute atomic E-state index is 5.73. The van der Waals surface area contributed by atoms with Crippen molar-refractivity contribution < 1.29 is 0 Å². The maximum Gasteiger partial charge on any atom is 0.0934 e. The van der Waals surface area contributed by atoms with Crippen LogP contribution in [0.1, 0.15) is 0 Å². The van der Waals surface area contributed by atoms with Crippen molar-refractivity contribution in [2.24, 2.45) is 0 Å². The molecule has 0 fully saturated rings. The molecular formula is C5H10Cl2Si. The van der Waals surface area contributed by atoms with E-state index in [1.807, 2.05) is 0 Å². The molecule has 0 nitrogen and oxygen atoms in total. The summed E-state index contributed by atoms with van der Waals surface area (Å²) in [6.45, 7) is 6.44. The lowest BCUT2D eigenvalue weighted by molar-refractivity contribution is 1.75. The largest absolute Gasteiger partial charge is 0.0934 e. The van der Waals surface area contributed by atoms with Crippen LogP contribution in [0.5, 0.6) is 0 Å². The lowest BCUT2D eigenvalue weighted by Crippen LogP contribution is -2.19. The molecule has 0 radical (unpaired) electrons. The molecule has 0 unspecified atom stereocenters. The van der Waals surface area contributed by atoms with E-state index in [4.69, 9.17) is 23.2 Å². The highest BCUT2D eigenvalue weighted by molar-refractivity contribution is 6.91. The Balaban J connectivity index is 4.03. The highest BCUT2D eigenvalue weighted by atomic mass is 35.5. The monoisotopic (exact) mass is 168 g/mol. The molecule has 0 heterocycles. The molecule has 0 aromatic rings. The number of halogens is 2. The van der Waals surface area contributed by atoms with Gasteiger partial charge < -0.3 is 0 Å². The Morgan fingerprint density at radius 1 is 1.38 bits per heavy atom. The van der Waals surface area contributed by atoms with Gasteiger partial charge in [-0.1, -0.05) is 42.8 Å². The molecule has 3 heteroatoms. The van der Waals surface area contributed by atoms with Gasteiger partial charge in [0.25, 0.3) is 0 Å². The summed E-state index contributed by atoms with van der Waals surface area (Å²) in [6.07, 6.45) is 0. The fraction of sp³-hybridized carbons (Fsp3) is 0.600. The van der Waals surface area contributed by atoms with E-state index in [0.717, 1.165) is 4.66 Å². The molecule has 0 aliphatic rings. The van der Waals surface area contributed by atoms with Crippen molar-refractivity contribution in [3.8, 4) is 0 Å². The van der Waals surface area contributed by atoms with Crippen LogP contribution in [0.4, 0.5) is 0 Å². The molecule has 0 N–H and O–H groups in total. The topological polar surface area (TPSA) is 0 Å². The Morgan fingerprint density at radius 3 is 1.75 bits per heavy atom. The van der Waals surface area contributed by atoms with Crippen LogP contribution in [-0.2, 0) is 0 Å². The summed E-state index contributed by atoms with van der Waals surface area (Å²) in [6, 6.07) is 0. The summed E-state index contributed by atoms with van der Waals surface area (Å²) >= 11 is 11.1. The van der Waals surface area contributed by atoms with Gasteiger partial charge in [0.05, 0.1) is 8.07 Å². The van der Waals surface area contributed by atoms with Gasteiger partial charge in [0, 0.05) is 10.2 Å². The predicted octanol–water partition coefficient (Wildman–Crippen LogP) is 3.18. The summed E-state index contributed by atoms with van der Waals surface area (Å²) < 4.78 is 0.833. The summed E-state index contributed by atoms with van der Waals surface area (Å²) in [5.74, 6) is 0. The second-order valence-corrected chi connectivity index (χ2v) is 8.69. The van der Waals surface area contributed by atoms with Gasteiger partial charge in [0.1, 0.15) is 0 Å². The first-order valence-corrected chi connectivity index (χ1v) is 6.76. The van der Waals surface area contributed by atoms with Gasteiger partial charge in [-0.3, -0.25) is 0 Å². The van der Waals surface area contributed by atoms with Crippen molar-refractivity contribution in [1.29, 1.82) is 0 Å². The number of hydrogen-bond donors (Lipinski definition) is 0. The first kappa shape index (κ1) is 8.54. The van der Waals surface area contributed by atoms with E-state index in [0.29, 0.717) is 0 Å². The lowest BCUT2D eigenvalue weighted by Gasteiger charge is -2.12. The smallest absolute Gasteiger partial charge is 0.0933 e. The third-order valence-corrected chi connectivity index (χ3v) is 4.71. The number of rotatable bonds is 1. The van der Waals surface area contributed by atoms with Crippen LogP contribution in [0.2, 0.25) is 19.6 Å². The summed E-state index contributed by atoms with van der Waals surface area (Å²) in [5, 5.41) is 0. The first-order valence-electron chi connectivity index (χ1n) is 2.45. The highest BCUT2D eigenvalue weighted by Crippen LogP contribution is 2.18. The Morgan fingerprint density at radius 2 is 1.75 bits per heavy atom. The Kier molecular flexibility index (Phi) is 3.10. The highest BCUT2D eigenvalue weighted by Gasteiger charge is 2.16. The molecule has 0 bridgehead atoms. The van der Waals surface area contributed by atoms with Crippen LogP contribution in [-0.4, -0.2) is 8.07 Å². The van der Waals surface area contributed by atoms with Crippen LogP contribution in [0.15, 0.2) is 10.2 Å². The zero-order valence-corrected chi connectivity index (χ0v) is 7.85. The molecule has 0 amide bonds. The van der Waals surface area contributed by atoms with E-state index in [9.17, 15) is 0 Å². The molecule has 0 aromatic carbocycles. The second-order valence-electron chi connectivity index (χ2n) is 2.71. The van der Waals surface area contributed by atoms with Crippen LogP contribution in [0, 0.1) is 0 Å². The molecule has 0 spiro atoms. The second kappa shape index (κ2) is 2.90. The van der Waals surface area contributed by atoms with Crippen molar-refractivity contribution in [3.63, 3.8) is 0 Å². The van der Waals surface area contributed by atoms with E-state index in [1.54, 1.807) is 0 Å². The molecular weight excluding hydrogens is 159 g/mol. The Hall–Kier alpha value is 0.537. The minimum absolute atomic E-state index is 0.833. The van der Waals surface area contributed by atoms with Gasteiger partial charge in [-0.2, -0.15) is 0 Å². The van der Waals surface area contributed by atoms with E-state index < -0.39 is 8.07 Å². The average Bonchev–Trinajstić information content (AvgIpc) is 1.62. The van der Waals surface area contributed by atoms with E-state index in [2.05, 4.69) is 19.6 Å². The fourth-order valence-electron chi connectivity index (χ4n) is 0.164. The molecule has 8 heavy (non-hydrogen) atoms. The van der Waals surface area contributed by atoms with Crippen molar-refractivity contribution in [2.75, 3.05) is 0 Å². The van der Waals surface area contributed by atoms with Gasteiger partial charge in [-0.05, 0) is 0 Å². The molecule has 0 atom stereocenters. The van der Waals surface area contributed by atoms with Gasteiger partial charge in [0.2, 0.25) is 0 Å². The summed E-state index contributed by atoms with van der Waals surface area (Å²) in [4.78, 5) is 0. The molecule has 0 aliphatic heterocycles. The minimum atomic E-state index is -1.27. The standard InChI is InChI=1S/C5H10Cl2Si/c1-8(2,3)5(7)4-6/h4H,1-3H3/b5-4-. The summed E-state index contributed by atoms with van der Waals surface area (Å²) in [7, 11) is -1.27. The minimum Gasteiger partial charge on any atom is -0.0933 e. The third-order valence-electron chi connectivity index (χ3n) is 0.812. The maximum atomic E-state index is 5.73. The zero-order valence-electron chi connectivity index (χ0n) is 5.33. The van der Waals surface area contributed by atoms with Crippen LogP contribution in [0.3, 0.4) is 0 Å². The van der Waals surface area contributed by atoms with Gasteiger partial charge >= 0.3 is 0 Å². The van der Waals surface area contributed by atoms with Gasteiger partial charge in [-0.25, -0.2) is 0 Å². The van der Waals surface area contributed by atoms with Crippen LogP contribution < -0.4 is 0 Å². The van der Waals surface area contributed by atoms with E-state index in [-0.39, 0.29) is 0 Å². The molecule has 48 valence electrons. The van der Waals surface area contributed by atoms with Gasteiger partial charge in [0.15, 0.2) is 0 Å². The zero-order chi connectivity index (χ0) is 6.78. The van der Waals surface area contributed by atoms with E-state index in [1.165, 1.54) is 5.54 Å². The van der Waals surface area contributed by atoms with Crippen molar-refractivity contribution >= 4 is 31.3 Å².